The van der Waals surface area contributed by atoms with Crippen molar-refractivity contribution in [1.29, 1.82) is 0 Å². The highest BCUT2D eigenvalue weighted by Crippen LogP contribution is 2.68. The third kappa shape index (κ3) is 6.43. The topological polar surface area (TPSA) is 108 Å². The van der Waals surface area contributed by atoms with Crippen LogP contribution in [-0.2, 0) is 27.8 Å². The molecule has 1 aliphatic rings. The number of benzene rings is 4. The van der Waals surface area contributed by atoms with Gasteiger partial charge in [-0.25, -0.2) is 9.59 Å². The summed E-state index contributed by atoms with van der Waals surface area (Å²) in [5.41, 5.74) is 4.86. The molecule has 4 aromatic carbocycles. The molecule has 0 saturated carbocycles. The lowest BCUT2D eigenvalue weighted by atomic mass is 9.65. The van der Waals surface area contributed by atoms with Crippen molar-refractivity contribution < 1.29 is 47.5 Å². The fourth-order valence-corrected chi connectivity index (χ4v) is 7.74. The van der Waals surface area contributed by atoms with E-state index in [1.165, 1.54) is 28.4 Å². The van der Waals surface area contributed by atoms with Gasteiger partial charge in [-0.1, -0.05) is 88.4 Å². The number of hydrogen-bond donors (Lipinski definition) is 0. The van der Waals surface area contributed by atoms with Crippen molar-refractivity contribution in [2.24, 2.45) is 0 Å². The van der Waals surface area contributed by atoms with Crippen LogP contribution in [0.1, 0.15) is 73.9 Å². The second-order valence-electron chi connectivity index (χ2n) is 13.2. The summed E-state index contributed by atoms with van der Waals surface area (Å²) < 4.78 is 50.2. The Morgan fingerprint density at radius 3 is 1.13 bits per heavy atom. The van der Waals surface area contributed by atoms with Gasteiger partial charge in [-0.15, -0.1) is 0 Å². The van der Waals surface area contributed by atoms with Crippen LogP contribution in [0.4, 0.5) is 0 Å². The minimum Gasteiger partial charge on any atom is -0.496 e. The minimum atomic E-state index is -1.36. The molecule has 55 heavy (non-hydrogen) atoms. The first-order valence-electron chi connectivity index (χ1n) is 18.1. The molecular weight excluding hydrogens is 700 g/mol. The number of esters is 2. The largest absolute Gasteiger partial charge is 0.496 e. The predicted octanol–water partition coefficient (Wildman–Crippen LogP) is 8.97. The van der Waals surface area contributed by atoms with E-state index >= 15 is 0 Å². The summed E-state index contributed by atoms with van der Waals surface area (Å²) in [4.78, 5) is 26.5. The van der Waals surface area contributed by atoms with Crippen LogP contribution >= 0.6 is 0 Å². The number of hydrogen-bond acceptors (Lipinski definition) is 10. The zero-order chi connectivity index (χ0) is 40.2. The molecule has 0 aromatic heterocycles. The van der Waals surface area contributed by atoms with E-state index in [1.807, 2.05) is 38.1 Å². The Hall–Kier alpha value is -5.90. The van der Waals surface area contributed by atoms with E-state index in [1.54, 1.807) is 28.1 Å². The van der Waals surface area contributed by atoms with Crippen molar-refractivity contribution >= 4 is 11.9 Å². The van der Waals surface area contributed by atoms with Crippen LogP contribution in [-0.4, -0.2) is 54.6 Å². The van der Waals surface area contributed by atoms with Crippen molar-refractivity contribution in [1.82, 2.24) is 0 Å². The maximum atomic E-state index is 13.2. The maximum absolute atomic E-state index is 13.2. The van der Waals surface area contributed by atoms with E-state index in [-0.39, 0.29) is 45.6 Å². The molecule has 5 rings (SSSR count). The Labute approximate surface area is 323 Å². The zero-order valence-corrected chi connectivity index (χ0v) is 33.4. The number of fused-ring (bicyclic) bond motifs is 3. The molecule has 0 fully saturated rings. The van der Waals surface area contributed by atoms with E-state index in [2.05, 4.69) is 37.4 Å². The van der Waals surface area contributed by atoms with E-state index in [4.69, 9.17) is 37.9 Å². The van der Waals surface area contributed by atoms with Crippen LogP contribution in [0.25, 0.3) is 11.1 Å². The van der Waals surface area contributed by atoms with Gasteiger partial charge in [0.05, 0.1) is 59.2 Å². The molecule has 0 saturated heterocycles. The molecule has 4 aromatic rings. The van der Waals surface area contributed by atoms with Gasteiger partial charge in [-0.2, -0.15) is 0 Å². The molecule has 0 N–H and O–H groups in total. The van der Waals surface area contributed by atoms with E-state index in [9.17, 15) is 9.59 Å². The van der Waals surface area contributed by atoms with Gasteiger partial charge in [0.25, 0.3) is 0 Å². The van der Waals surface area contributed by atoms with Crippen molar-refractivity contribution in [2.45, 2.75) is 58.8 Å². The summed E-state index contributed by atoms with van der Waals surface area (Å²) in [5.74, 6) is 0.714. The molecule has 0 radical (unpaired) electrons. The van der Waals surface area contributed by atoms with Crippen LogP contribution in [0.5, 0.6) is 46.0 Å². The van der Waals surface area contributed by atoms with Crippen LogP contribution in [0.3, 0.4) is 0 Å². The summed E-state index contributed by atoms with van der Waals surface area (Å²) in [7, 11) is 9.21. The summed E-state index contributed by atoms with van der Waals surface area (Å²) in [5, 5.41) is 0. The van der Waals surface area contributed by atoms with Gasteiger partial charge in [0.1, 0.15) is 11.5 Å². The zero-order valence-electron chi connectivity index (χ0n) is 33.4. The average Bonchev–Trinajstić information content (AvgIpc) is 3.48. The van der Waals surface area contributed by atoms with E-state index in [0.717, 1.165) is 22.3 Å². The maximum Gasteiger partial charge on any atom is 0.338 e. The Bertz CT molecular complexity index is 2010. The number of carbonyl (C=O) groups excluding carboxylic acids is 2. The first-order valence-corrected chi connectivity index (χ1v) is 18.1. The molecule has 0 atom stereocenters. The molecule has 0 amide bonds. The third-order valence-corrected chi connectivity index (χ3v) is 9.84. The first-order chi connectivity index (χ1) is 26.5. The lowest BCUT2D eigenvalue weighted by molar-refractivity contribution is -0.131. The lowest BCUT2D eigenvalue weighted by Gasteiger charge is -2.39. The van der Waals surface area contributed by atoms with Crippen LogP contribution in [0.15, 0.2) is 72.8 Å². The van der Waals surface area contributed by atoms with Gasteiger partial charge in [0, 0.05) is 22.3 Å². The van der Waals surface area contributed by atoms with Crippen LogP contribution in [0.2, 0.25) is 0 Å². The molecule has 10 nitrogen and oxygen atoms in total. The molecule has 0 heterocycles. The summed E-state index contributed by atoms with van der Waals surface area (Å²) in [6.07, 6.45) is 2.19. The van der Waals surface area contributed by atoms with E-state index < -0.39 is 17.4 Å². The Morgan fingerprint density at radius 2 is 0.836 bits per heavy atom. The molecule has 1 aliphatic carbocycles. The standard InChI is InChI=1S/C45H50O10/c1-13-19-29-35(48-7)33(39(50-9)41(52-11)37(29)54-43(46)25(3)4)45(31-23-17-15-21-27(31)28-22-16-18-24-32(28)45)34-36(49-8)30(20-14-2)38(55-44(47)26(5)6)42(53-12)40(34)51-10/h15-18,21-24H,3,5,13-14,19-20H2,1-2,4,6-12H3. The second kappa shape index (κ2) is 16.6. The number of methoxy groups -OCH3 is 6. The van der Waals surface area contributed by atoms with Crippen molar-refractivity contribution in [3.8, 4) is 57.1 Å². The summed E-state index contributed by atoms with van der Waals surface area (Å²) in [6, 6.07) is 16.1. The smallest absolute Gasteiger partial charge is 0.338 e. The average molecular weight is 751 g/mol. The van der Waals surface area contributed by atoms with Gasteiger partial charge >= 0.3 is 11.9 Å². The first kappa shape index (κ1) is 40.3. The van der Waals surface area contributed by atoms with Crippen molar-refractivity contribution in [2.75, 3.05) is 42.7 Å². The van der Waals surface area contributed by atoms with Gasteiger partial charge in [0.15, 0.2) is 23.0 Å². The highest BCUT2D eigenvalue weighted by atomic mass is 16.6. The highest BCUT2D eigenvalue weighted by molar-refractivity contribution is 5.94. The predicted molar refractivity (Wildman–Crippen MR) is 212 cm³/mol. The van der Waals surface area contributed by atoms with Gasteiger partial charge in [-0.3, -0.25) is 0 Å². The Balaban J connectivity index is 2.20. The molecule has 10 heteroatoms. The molecule has 0 unspecified atom stereocenters. The van der Waals surface area contributed by atoms with Gasteiger partial charge in [-0.05, 0) is 48.9 Å². The number of ether oxygens (including phenoxy) is 8. The summed E-state index contributed by atoms with van der Waals surface area (Å²) >= 11 is 0. The monoisotopic (exact) mass is 750 g/mol. The minimum absolute atomic E-state index is 0.162. The third-order valence-electron chi connectivity index (χ3n) is 9.84. The Morgan fingerprint density at radius 1 is 0.509 bits per heavy atom. The molecule has 0 aliphatic heterocycles. The fourth-order valence-electron chi connectivity index (χ4n) is 7.74. The molecule has 0 spiro atoms. The Kier molecular flexibility index (Phi) is 12.2. The quantitative estimate of drug-likeness (QED) is 0.0551. The number of rotatable bonds is 16. The second-order valence-corrected chi connectivity index (χ2v) is 13.2. The van der Waals surface area contributed by atoms with Crippen LogP contribution in [0, 0.1) is 0 Å². The molecule has 0 bridgehead atoms. The molecule has 290 valence electrons. The summed E-state index contributed by atoms with van der Waals surface area (Å²) in [6.45, 7) is 14.8. The normalized spacial score (nSPS) is 12.2. The van der Waals surface area contributed by atoms with E-state index in [0.29, 0.717) is 59.4 Å². The molecular formula is C45H50O10. The van der Waals surface area contributed by atoms with Gasteiger partial charge in [0.2, 0.25) is 11.5 Å². The fraction of sp³-hybridized carbons (Fsp3) is 0.333. The van der Waals surface area contributed by atoms with Crippen molar-refractivity contribution in [3.05, 3.63) is 106 Å². The van der Waals surface area contributed by atoms with Crippen LogP contribution < -0.4 is 37.9 Å². The lowest BCUT2D eigenvalue weighted by Crippen LogP contribution is -2.32. The highest BCUT2D eigenvalue weighted by Gasteiger charge is 2.55. The van der Waals surface area contributed by atoms with Crippen molar-refractivity contribution in [3.63, 3.8) is 0 Å². The number of carbonyl (C=O) groups is 2. The van der Waals surface area contributed by atoms with Gasteiger partial charge < -0.3 is 37.9 Å². The SMILES string of the molecule is C=C(C)C(=O)Oc1c(CCC)c(OC)c(C2(c3c(OC)c(CCC)c(OC(=O)C(=C)C)c(OC)c3OC)c3ccccc3-c3ccccc32)c(OC)c1OC.